The minimum absolute atomic E-state index is 0. The predicted molar refractivity (Wildman–Crippen MR) is 68.1 cm³/mol. The van der Waals surface area contributed by atoms with Crippen LogP contribution in [0.4, 0.5) is 0 Å². The van der Waals surface area contributed by atoms with Gasteiger partial charge < -0.3 is 5.32 Å². The second-order valence-corrected chi connectivity index (χ2v) is 3.69. The van der Waals surface area contributed by atoms with Gasteiger partial charge in [-0.2, -0.15) is 0 Å². The smallest absolute Gasteiger partial charge is 0.0299 e. The zero-order valence-corrected chi connectivity index (χ0v) is 10.3. The fourth-order valence-electron chi connectivity index (χ4n) is 1.89. The molecule has 1 atom stereocenters. The van der Waals surface area contributed by atoms with Crippen LogP contribution in [0.2, 0.25) is 0 Å². The molecule has 1 aliphatic heterocycles. The van der Waals surface area contributed by atoms with Crippen molar-refractivity contribution in [3.8, 4) is 0 Å². The highest BCUT2D eigenvalue weighted by molar-refractivity contribution is 5.85. The van der Waals surface area contributed by atoms with Gasteiger partial charge in [-0.1, -0.05) is 6.07 Å². The number of rotatable bonds is 3. The standard InChI is InChI=1S/C11H16N2.2ClH/c1-3-10(9-12-7-1)5-6-11-4-2-8-13-11;;/h1,3,7,9,11,13H,2,4-6,8H2;2*1H. The highest BCUT2D eigenvalue weighted by atomic mass is 35.5. The van der Waals surface area contributed by atoms with Crippen molar-refractivity contribution in [1.82, 2.24) is 10.3 Å². The second-order valence-electron chi connectivity index (χ2n) is 3.69. The summed E-state index contributed by atoms with van der Waals surface area (Å²) >= 11 is 0. The molecule has 0 aliphatic carbocycles. The van der Waals surface area contributed by atoms with E-state index in [1.807, 2.05) is 18.5 Å². The van der Waals surface area contributed by atoms with Gasteiger partial charge in [0.05, 0.1) is 0 Å². The summed E-state index contributed by atoms with van der Waals surface area (Å²) in [6.45, 7) is 1.21. The Bertz CT molecular complexity index is 248. The minimum Gasteiger partial charge on any atom is -0.314 e. The Balaban J connectivity index is 0.000000980. The lowest BCUT2D eigenvalue weighted by atomic mass is 10.1. The molecule has 1 saturated heterocycles. The summed E-state index contributed by atoms with van der Waals surface area (Å²) in [5.41, 5.74) is 1.36. The van der Waals surface area contributed by atoms with E-state index in [1.54, 1.807) is 0 Å². The second kappa shape index (κ2) is 7.91. The molecule has 1 aromatic rings. The molecule has 0 bridgehead atoms. The fraction of sp³-hybridized carbons (Fsp3) is 0.545. The average Bonchev–Trinajstić information content (AvgIpc) is 2.69. The maximum absolute atomic E-state index is 4.11. The van der Waals surface area contributed by atoms with Gasteiger partial charge in [0.2, 0.25) is 0 Å². The van der Waals surface area contributed by atoms with Crippen LogP contribution in [0.15, 0.2) is 24.5 Å². The van der Waals surface area contributed by atoms with Crippen LogP contribution in [-0.2, 0) is 6.42 Å². The van der Waals surface area contributed by atoms with Crippen LogP contribution in [0.1, 0.15) is 24.8 Å². The number of pyridine rings is 1. The molecular formula is C11H18Cl2N2. The summed E-state index contributed by atoms with van der Waals surface area (Å²) in [6.07, 6.45) is 8.90. The van der Waals surface area contributed by atoms with E-state index in [4.69, 9.17) is 0 Å². The van der Waals surface area contributed by atoms with Gasteiger partial charge in [0.25, 0.3) is 0 Å². The third kappa shape index (κ3) is 4.83. The molecule has 0 saturated carbocycles. The van der Waals surface area contributed by atoms with E-state index < -0.39 is 0 Å². The summed E-state index contributed by atoms with van der Waals surface area (Å²) < 4.78 is 0. The zero-order valence-electron chi connectivity index (χ0n) is 8.69. The molecule has 1 aliphatic rings. The highest BCUT2D eigenvalue weighted by Gasteiger charge is 2.12. The van der Waals surface area contributed by atoms with E-state index in [0.717, 1.165) is 12.5 Å². The van der Waals surface area contributed by atoms with Gasteiger partial charge >= 0.3 is 0 Å². The van der Waals surface area contributed by atoms with Crippen molar-refractivity contribution in [2.75, 3.05) is 6.54 Å². The molecular weight excluding hydrogens is 231 g/mol. The third-order valence-electron chi connectivity index (χ3n) is 2.67. The molecule has 2 nitrogen and oxygen atoms in total. The number of hydrogen-bond acceptors (Lipinski definition) is 2. The van der Waals surface area contributed by atoms with Crippen molar-refractivity contribution in [3.63, 3.8) is 0 Å². The number of aryl methyl sites for hydroxylation is 1. The number of halogens is 2. The number of nitrogens with zero attached hydrogens (tertiary/aromatic N) is 1. The lowest BCUT2D eigenvalue weighted by Crippen LogP contribution is -2.21. The van der Waals surface area contributed by atoms with E-state index >= 15 is 0 Å². The monoisotopic (exact) mass is 248 g/mol. The van der Waals surface area contributed by atoms with Crippen molar-refractivity contribution in [2.45, 2.75) is 31.7 Å². The molecule has 86 valence electrons. The van der Waals surface area contributed by atoms with Gasteiger partial charge in [0.1, 0.15) is 0 Å². The van der Waals surface area contributed by atoms with Gasteiger partial charge in [-0.15, -0.1) is 24.8 Å². The summed E-state index contributed by atoms with van der Waals surface area (Å²) in [6, 6.07) is 4.92. The summed E-state index contributed by atoms with van der Waals surface area (Å²) in [7, 11) is 0. The molecule has 1 aromatic heterocycles. The summed E-state index contributed by atoms with van der Waals surface area (Å²) in [4.78, 5) is 4.11. The van der Waals surface area contributed by atoms with Crippen LogP contribution < -0.4 is 5.32 Å². The summed E-state index contributed by atoms with van der Waals surface area (Å²) in [5, 5.41) is 3.51. The van der Waals surface area contributed by atoms with Crippen LogP contribution >= 0.6 is 24.8 Å². The summed E-state index contributed by atoms with van der Waals surface area (Å²) in [5.74, 6) is 0. The fourth-order valence-corrected chi connectivity index (χ4v) is 1.89. The number of aromatic nitrogens is 1. The topological polar surface area (TPSA) is 24.9 Å². The first kappa shape index (κ1) is 14.7. The largest absolute Gasteiger partial charge is 0.314 e. The lowest BCUT2D eigenvalue weighted by Gasteiger charge is -2.08. The van der Waals surface area contributed by atoms with E-state index in [9.17, 15) is 0 Å². The van der Waals surface area contributed by atoms with E-state index in [2.05, 4.69) is 16.4 Å². The van der Waals surface area contributed by atoms with Gasteiger partial charge in [0.15, 0.2) is 0 Å². The van der Waals surface area contributed by atoms with Gasteiger partial charge in [-0.3, -0.25) is 4.98 Å². The molecule has 0 aromatic carbocycles. The maximum Gasteiger partial charge on any atom is 0.0299 e. The normalized spacial score (nSPS) is 19.1. The van der Waals surface area contributed by atoms with Crippen molar-refractivity contribution < 1.29 is 0 Å². The molecule has 0 spiro atoms. The van der Waals surface area contributed by atoms with E-state index in [-0.39, 0.29) is 24.8 Å². The van der Waals surface area contributed by atoms with Gasteiger partial charge in [-0.05, 0) is 43.9 Å². The van der Waals surface area contributed by atoms with Crippen LogP contribution in [0.25, 0.3) is 0 Å². The van der Waals surface area contributed by atoms with Crippen LogP contribution in [-0.4, -0.2) is 17.6 Å². The van der Waals surface area contributed by atoms with Gasteiger partial charge in [0, 0.05) is 18.4 Å². The Kier molecular flexibility index (Phi) is 7.75. The van der Waals surface area contributed by atoms with Gasteiger partial charge in [-0.25, -0.2) is 0 Å². The molecule has 1 unspecified atom stereocenters. The quantitative estimate of drug-likeness (QED) is 0.890. The Morgan fingerprint density at radius 2 is 2.27 bits per heavy atom. The third-order valence-corrected chi connectivity index (χ3v) is 2.67. The average molecular weight is 249 g/mol. The first-order chi connectivity index (χ1) is 6.45. The molecule has 0 amide bonds. The van der Waals surface area contributed by atoms with Crippen molar-refractivity contribution in [3.05, 3.63) is 30.1 Å². The maximum atomic E-state index is 4.11. The molecule has 2 heterocycles. The molecule has 0 radical (unpaired) electrons. The molecule has 1 N–H and O–H groups in total. The van der Waals surface area contributed by atoms with Crippen LogP contribution in [0.5, 0.6) is 0 Å². The van der Waals surface area contributed by atoms with E-state index in [0.29, 0.717) is 0 Å². The molecule has 2 rings (SSSR count). The molecule has 4 heteroatoms. The Morgan fingerprint density at radius 3 is 2.87 bits per heavy atom. The van der Waals surface area contributed by atoms with Crippen molar-refractivity contribution >= 4 is 24.8 Å². The molecule has 15 heavy (non-hydrogen) atoms. The predicted octanol–water partition coefficient (Wildman–Crippen LogP) is 2.61. The highest BCUT2D eigenvalue weighted by Crippen LogP contribution is 2.11. The van der Waals surface area contributed by atoms with E-state index in [1.165, 1.54) is 31.4 Å². The lowest BCUT2D eigenvalue weighted by molar-refractivity contribution is 0.559. The first-order valence-electron chi connectivity index (χ1n) is 5.07. The van der Waals surface area contributed by atoms with Crippen LogP contribution in [0.3, 0.4) is 0 Å². The van der Waals surface area contributed by atoms with Crippen molar-refractivity contribution in [1.29, 1.82) is 0 Å². The first-order valence-corrected chi connectivity index (χ1v) is 5.07. The number of hydrogen-bond donors (Lipinski definition) is 1. The van der Waals surface area contributed by atoms with Crippen LogP contribution in [0, 0.1) is 0 Å². The van der Waals surface area contributed by atoms with Crippen molar-refractivity contribution in [2.24, 2.45) is 0 Å². The number of nitrogens with one attached hydrogen (secondary N) is 1. The SMILES string of the molecule is Cl.Cl.c1cncc(CCC2CCCN2)c1. The molecule has 1 fully saturated rings. The minimum atomic E-state index is 0. The Hall–Kier alpha value is -0.310. The Labute approximate surface area is 104 Å². The zero-order chi connectivity index (χ0) is 8.93. The Morgan fingerprint density at radius 1 is 1.40 bits per heavy atom.